The average molecular weight is 567 g/mol. The predicted octanol–water partition coefficient (Wildman–Crippen LogP) is 4.26. The predicted molar refractivity (Wildman–Crippen MR) is 122 cm³/mol. The van der Waals surface area contributed by atoms with Crippen LogP contribution in [0.2, 0.25) is 0 Å². The van der Waals surface area contributed by atoms with Gasteiger partial charge in [-0.1, -0.05) is 6.07 Å². The highest BCUT2D eigenvalue weighted by atomic mass is 19.4. The Labute approximate surface area is 219 Å². The maximum absolute atomic E-state index is 13.0. The summed E-state index contributed by atoms with van der Waals surface area (Å²) in [4.78, 5) is 39.6. The summed E-state index contributed by atoms with van der Waals surface area (Å²) in [6.45, 7) is 6.23. The van der Waals surface area contributed by atoms with E-state index >= 15 is 0 Å². The first-order chi connectivity index (χ1) is 18.0. The second-order valence-corrected chi connectivity index (χ2v) is 8.97. The molecule has 0 aliphatic carbocycles. The van der Waals surface area contributed by atoms with E-state index in [-0.39, 0.29) is 5.41 Å². The number of furan rings is 1. The van der Waals surface area contributed by atoms with Crippen molar-refractivity contribution in [1.82, 2.24) is 14.8 Å². The SMILES string of the molecule is Cc1ccc(CN2CCC3(CC2)CCN(Cc2ccccn2)C3=O)o1.O=C(O)C(F)(F)F.O=C(O)C(F)(F)F. The van der Waals surface area contributed by atoms with E-state index in [2.05, 4.69) is 16.0 Å². The maximum atomic E-state index is 13.0. The minimum Gasteiger partial charge on any atom is -0.475 e. The minimum atomic E-state index is -5.08. The minimum absolute atomic E-state index is 0.148. The number of aryl methyl sites for hydroxylation is 1. The quantitative estimate of drug-likeness (QED) is 0.526. The van der Waals surface area contributed by atoms with Gasteiger partial charge in [-0.15, -0.1) is 0 Å². The molecule has 2 saturated heterocycles. The third-order valence-electron chi connectivity index (χ3n) is 6.15. The molecule has 39 heavy (non-hydrogen) atoms. The van der Waals surface area contributed by atoms with Crippen molar-refractivity contribution in [2.75, 3.05) is 19.6 Å². The second kappa shape index (κ2) is 13.0. The van der Waals surface area contributed by atoms with Crippen molar-refractivity contribution < 1.29 is 55.4 Å². The van der Waals surface area contributed by atoms with Gasteiger partial charge in [0.2, 0.25) is 5.91 Å². The largest absolute Gasteiger partial charge is 0.490 e. The molecule has 0 aromatic carbocycles. The van der Waals surface area contributed by atoms with E-state index in [4.69, 9.17) is 24.2 Å². The fourth-order valence-electron chi connectivity index (χ4n) is 4.12. The molecule has 2 fully saturated rings. The third kappa shape index (κ3) is 9.57. The van der Waals surface area contributed by atoms with Crippen LogP contribution in [0.4, 0.5) is 26.3 Å². The van der Waals surface area contributed by atoms with E-state index in [0.717, 1.165) is 62.7 Å². The fraction of sp³-hybridized carbons (Fsp3) is 0.500. The van der Waals surface area contributed by atoms with Crippen LogP contribution in [-0.4, -0.2) is 74.8 Å². The van der Waals surface area contributed by atoms with E-state index in [0.29, 0.717) is 12.5 Å². The number of carboxylic acids is 2. The van der Waals surface area contributed by atoms with Gasteiger partial charge in [0.05, 0.1) is 24.2 Å². The topological polar surface area (TPSA) is 124 Å². The number of hydrogen-bond donors (Lipinski definition) is 2. The first-order valence-electron chi connectivity index (χ1n) is 11.6. The summed E-state index contributed by atoms with van der Waals surface area (Å²) in [6, 6.07) is 9.94. The molecule has 0 bridgehead atoms. The van der Waals surface area contributed by atoms with Gasteiger partial charge in [-0.05, 0) is 63.5 Å². The van der Waals surface area contributed by atoms with Crippen molar-refractivity contribution in [3.05, 3.63) is 53.7 Å². The lowest BCUT2D eigenvalue weighted by atomic mass is 9.77. The Morgan fingerprint density at radius 3 is 1.90 bits per heavy atom. The molecule has 2 aliphatic heterocycles. The number of likely N-dealkylation sites (tertiary alicyclic amines) is 2. The van der Waals surface area contributed by atoms with Gasteiger partial charge < -0.3 is 19.5 Å². The van der Waals surface area contributed by atoms with Crippen LogP contribution >= 0.6 is 0 Å². The Morgan fingerprint density at radius 2 is 1.46 bits per heavy atom. The van der Waals surface area contributed by atoms with Gasteiger partial charge >= 0.3 is 24.3 Å². The zero-order valence-corrected chi connectivity index (χ0v) is 20.8. The number of amides is 1. The van der Waals surface area contributed by atoms with Crippen molar-refractivity contribution >= 4 is 17.8 Å². The number of halogens is 6. The Balaban J connectivity index is 0.000000317. The van der Waals surface area contributed by atoms with Gasteiger partial charge in [-0.3, -0.25) is 14.7 Å². The van der Waals surface area contributed by atoms with E-state index in [1.54, 1.807) is 6.20 Å². The van der Waals surface area contributed by atoms with Crippen LogP contribution in [0.1, 0.15) is 36.5 Å². The normalized spacial score (nSPS) is 17.2. The molecule has 1 spiro atoms. The van der Waals surface area contributed by atoms with Crippen molar-refractivity contribution in [3.63, 3.8) is 0 Å². The summed E-state index contributed by atoms with van der Waals surface area (Å²) in [5, 5.41) is 14.2. The standard InChI is InChI=1S/C20H25N3O2.2C2HF3O2/c1-16-5-6-18(25-16)15-22-11-7-20(8-12-22)9-13-23(19(20)24)14-17-4-2-3-10-21-17;2*3-2(4,5)1(6)7/h2-6,10H,7-9,11-15H2,1H3;2*(H,6,7). The van der Waals surface area contributed by atoms with Crippen LogP contribution in [0, 0.1) is 12.3 Å². The second-order valence-electron chi connectivity index (χ2n) is 8.97. The van der Waals surface area contributed by atoms with E-state index in [9.17, 15) is 31.1 Å². The molecule has 4 heterocycles. The van der Waals surface area contributed by atoms with Crippen molar-refractivity contribution in [2.45, 2.75) is 51.6 Å². The zero-order valence-electron chi connectivity index (χ0n) is 20.8. The number of carboxylic acid groups (broad SMARTS) is 2. The smallest absolute Gasteiger partial charge is 0.475 e. The van der Waals surface area contributed by atoms with Crippen molar-refractivity contribution in [3.8, 4) is 0 Å². The van der Waals surface area contributed by atoms with Gasteiger partial charge in [-0.2, -0.15) is 26.3 Å². The number of carbonyl (C=O) groups excluding carboxylic acids is 1. The molecular weight excluding hydrogens is 540 g/mol. The number of pyridine rings is 1. The molecule has 0 unspecified atom stereocenters. The third-order valence-corrected chi connectivity index (χ3v) is 6.15. The summed E-state index contributed by atoms with van der Waals surface area (Å²) in [6.07, 6.45) is -5.50. The van der Waals surface area contributed by atoms with Crippen LogP contribution in [-0.2, 0) is 27.5 Å². The molecule has 2 aromatic rings. The van der Waals surface area contributed by atoms with Crippen LogP contribution in [0.3, 0.4) is 0 Å². The maximum Gasteiger partial charge on any atom is 0.490 e. The first kappa shape index (κ1) is 31.6. The lowest BCUT2D eigenvalue weighted by Crippen LogP contribution is -2.44. The monoisotopic (exact) mass is 567 g/mol. The van der Waals surface area contributed by atoms with Gasteiger partial charge in [0.1, 0.15) is 11.5 Å². The van der Waals surface area contributed by atoms with Crippen LogP contribution < -0.4 is 0 Å². The molecule has 2 aromatic heterocycles. The summed E-state index contributed by atoms with van der Waals surface area (Å²) >= 11 is 0. The molecule has 2 N–H and O–H groups in total. The number of alkyl halides is 6. The Morgan fingerprint density at radius 1 is 0.923 bits per heavy atom. The molecule has 15 heteroatoms. The van der Waals surface area contributed by atoms with E-state index < -0.39 is 24.3 Å². The number of carbonyl (C=O) groups is 3. The lowest BCUT2D eigenvalue weighted by molar-refractivity contribution is -0.193. The molecule has 0 atom stereocenters. The fourth-order valence-corrected chi connectivity index (χ4v) is 4.12. The lowest BCUT2D eigenvalue weighted by Gasteiger charge is -2.37. The molecule has 1 amide bonds. The molecule has 0 saturated carbocycles. The summed E-state index contributed by atoms with van der Waals surface area (Å²) in [5.41, 5.74) is 0.822. The molecule has 216 valence electrons. The summed E-state index contributed by atoms with van der Waals surface area (Å²) in [7, 11) is 0. The Bertz CT molecular complexity index is 1090. The van der Waals surface area contributed by atoms with Crippen LogP contribution in [0.5, 0.6) is 0 Å². The van der Waals surface area contributed by atoms with E-state index in [1.165, 1.54) is 0 Å². The molecular formula is C24H27F6N3O6. The zero-order chi connectivity index (χ0) is 29.4. The van der Waals surface area contributed by atoms with Crippen LogP contribution in [0.15, 0.2) is 40.9 Å². The number of rotatable bonds is 4. The number of aromatic nitrogens is 1. The number of nitrogens with zero attached hydrogens (tertiary/aromatic N) is 3. The van der Waals surface area contributed by atoms with Gasteiger partial charge in [0.15, 0.2) is 0 Å². The number of aliphatic carboxylic acids is 2. The van der Waals surface area contributed by atoms with Crippen molar-refractivity contribution in [2.24, 2.45) is 5.41 Å². The van der Waals surface area contributed by atoms with Gasteiger partial charge in [-0.25, -0.2) is 9.59 Å². The van der Waals surface area contributed by atoms with Gasteiger partial charge in [0, 0.05) is 12.7 Å². The highest BCUT2D eigenvalue weighted by Gasteiger charge is 2.48. The Kier molecular flexibility index (Phi) is 10.5. The van der Waals surface area contributed by atoms with Crippen molar-refractivity contribution in [1.29, 1.82) is 0 Å². The summed E-state index contributed by atoms with van der Waals surface area (Å²) < 4.78 is 69.2. The average Bonchev–Trinajstić information content (AvgIpc) is 3.39. The first-order valence-corrected chi connectivity index (χ1v) is 11.6. The number of hydrogen-bond acceptors (Lipinski definition) is 6. The Hall–Kier alpha value is -3.62. The highest BCUT2D eigenvalue weighted by Crippen LogP contribution is 2.42. The van der Waals surface area contributed by atoms with E-state index in [1.807, 2.05) is 36.1 Å². The molecule has 2 aliphatic rings. The van der Waals surface area contributed by atoms with Gasteiger partial charge in [0.25, 0.3) is 0 Å². The molecule has 0 radical (unpaired) electrons. The molecule has 9 nitrogen and oxygen atoms in total. The number of piperidine rings is 1. The molecule has 4 rings (SSSR count). The van der Waals surface area contributed by atoms with Crippen LogP contribution in [0.25, 0.3) is 0 Å². The summed E-state index contributed by atoms with van der Waals surface area (Å²) in [5.74, 6) is -3.21. The highest BCUT2D eigenvalue weighted by molar-refractivity contribution is 5.85.